The van der Waals surface area contributed by atoms with Gasteiger partial charge < -0.3 is 9.80 Å². The fourth-order valence-electron chi connectivity index (χ4n) is 6.29. The molecule has 6 rings (SSSR count). The highest BCUT2D eigenvalue weighted by atomic mass is 32.2. The van der Waals surface area contributed by atoms with E-state index in [0.29, 0.717) is 22.9 Å². The van der Waals surface area contributed by atoms with Crippen molar-refractivity contribution < 1.29 is 9.18 Å². The molecule has 1 aliphatic heterocycles. The molecule has 0 N–H and O–H groups in total. The van der Waals surface area contributed by atoms with Gasteiger partial charge >= 0.3 is 0 Å². The molecule has 0 radical (unpaired) electrons. The highest BCUT2D eigenvalue weighted by Crippen LogP contribution is 2.44. The van der Waals surface area contributed by atoms with E-state index >= 15 is 4.39 Å². The first-order valence-corrected chi connectivity index (χ1v) is 16.4. The quantitative estimate of drug-likeness (QED) is 0.203. The summed E-state index contributed by atoms with van der Waals surface area (Å²) < 4.78 is 17.5. The van der Waals surface area contributed by atoms with E-state index in [1.165, 1.54) is 30.6 Å². The van der Waals surface area contributed by atoms with Crippen LogP contribution in [0.5, 0.6) is 0 Å². The highest BCUT2D eigenvalue weighted by Gasteiger charge is 2.30. The molecule has 3 aliphatic rings. The zero-order valence-corrected chi connectivity index (χ0v) is 26.2. The van der Waals surface area contributed by atoms with E-state index in [4.69, 9.17) is 0 Å². The van der Waals surface area contributed by atoms with Crippen molar-refractivity contribution in [1.82, 2.24) is 9.21 Å². The number of nitrogens with zero attached hydrogens (tertiary/aromatic N) is 3. The first-order chi connectivity index (χ1) is 19.7. The topological polar surface area (TPSA) is 26.8 Å². The Morgan fingerprint density at radius 1 is 0.878 bits per heavy atom. The Morgan fingerprint density at radius 3 is 2.17 bits per heavy atom. The minimum Gasteiger partial charge on any atom is -0.367 e. The van der Waals surface area contributed by atoms with Crippen LogP contribution in [0.15, 0.2) is 64.4 Å². The summed E-state index contributed by atoms with van der Waals surface area (Å²) in [6.45, 7) is 8.53. The van der Waals surface area contributed by atoms with E-state index in [1.54, 1.807) is 11.9 Å². The predicted molar refractivity (Wildman–Crippen MR) is 171 cm³/mol. The monoisotopic (exact) mass is 589 g/mol. The van der Waals surface area contributed by atoms with Gasteiger partial charge in [0.2, 0.25) is 0 Å². The van der Waals surface area contributed by atoms with Crippen molar-refractivity contribution in [3.05, 3.63) is 77.1 Å². The van der Waals surface area contributed by atoms with Crippen molar-refractivity contribution >= 4 is 35.2 Å². The van der Waals surface area contributed by atoms with Gasteiger partial charge in [0.15, 0.2) is 11.6 Å². The molecule has 0 aromatic heterocycles. The molecule has 41 heavy (non-hydrogen) atoms. The Kier molecular flexibility index (Phi) is 8.25. The van der Waals surface area contributed by atoms with Gasteiger partial charge in [0.1, 0.15) is 0 Å². The van der Waals surface area contributed by atoms with Gasteiger partial charge in [-0.1, -0.05) is 38.1 Å². The number of carbonyl (C=O) groups is 1. The molecule has 7 heteroatoms. The molecule has 0 amide bonds. The summed E-state index contributed by atoms with van der Waals surface area (Å²) in [5.74, 6) is 0.0332. The summed E-state index contributed by atoms with van der Waals surface area (Å²) in [6.07, 6.45) is 5.04. The summed E-state index contributed by atoms with van der Waals surface area (Å²) >= 11 is 3.65. The van der Waals surface area contributed by atoms with Crippen molar-refractivity contribution in [2.24, 2.45) is 5.41 Å². The zero-order chi connectivity index (χ0) is 28.7. The number of halogens is 1. The van der Waals surface area contributed by atoms with E-state index in [2.05, 4.69) is 59.5 Å². The summed E-state index contributed by atoms with van der Waals surface area (Å²) in [6, 6.07) is 18.5. The number of ketones is 1. The van der Waals surface area contributed by atoms with Crippen LogP contribution in [0.2, 0.25) is 0 Å². The number of carbonyl (C=O) groups excluding carboxylic acids is 1. The van der Waals surface area contributed by atoms with Gasteiger partial charge in [-0.25, -0.2) is 8.70 Å². The zero-order valence-electron chi connectivity index (χ0n) is 24.6. The average Bonchev–Trinajstić information content (AvgIpc) is 3.22. The van der Waals surface area contributed by atoms with Crippen LogP contribution < -0.4 is 4.90 Å². The van der Waals surface area contributed by atoms with E-state index in [9.17, 15) is 4.79 Å². The lowest BCUT2D eigenvalue weighted by Gasteiger charge is -2.35. The van der Waals surface area contributed by atoms with E-state index in [1.807, 2.05) is 49.0 Å². The average molecular weight is 590 g/mol. The lowest BCUT2D eigenvalue weighted by Crippen LogP contribution is -2.43. The molecule has 2 fully saturated rings. The Hall–Kier alpha value is -2.32. The molecule has 2 aliphatic carbocycles. The Labute approximate surface area is 252 Å². The number of benzene rings is 3. The van der Waals surface area contributed by atoms with Gasteiger partial charge in [-0.2, -0.15) is 0 Å². The van der Waals surface area contributed by atoms with Crippen molar-refractivity contribution in [2.75, 3.05) is 45.2 Å². The van der Waals surface area contributed by atoms with Gasteiger partial charge in [0, 0.05) is 64.5 Å². The molecule has 1 saturated heterocycles. The molecule has 3 aromatic rings. The molecule has 0 atom stereocenters. The molecule has 216 valence electrons. The molecular weight excluding hydrogens is 550 g/mol. The van der Waals surface area contributed by atoms with Crippen LogP contribution in [0.3, 0.4) is 0 Å². The summed E-state index contributed by atoms with van der Waals surface area (Å²) in [5, 5.41) is 0.641. The maximum Gasteiger partial charge on any atom is 0.194 e. The molecule has 0 spiro atoms. The number of thioether (sulfide) groups is 1. The van der Waals surface area contributed by atoms with Crippen LogP contribution in [0.25, 0.3) is 11.1 Å². The number of anilines is 1. The van der Waals surface area contributed by atoms with E-state index in [-0.39, 0.29) is 11.6 Å². The highest BCUT2D eigenvalue weighted by molar-refractivity contribution is 8.00. The fraction of sp³-hybridized carbons (Fsp3) is 0.441. The van der Waals surface area contributed by atoms with Gasteiger partial charge in [0.25, 0.3) is 0 Å². The fourth-order valence-corrected chi connectivity index (χ4v) is 8.43. The van der Waals surface area contributed by atoms with Crippen molar-refractivity contribution in [1.29, 1.82) is 0 Å². The third-order valence-corrected chi connectivity index (χ3v) is 11.1. The van der Waals surface area contributed by atoms with Crippen LogP contribution in [-0.4, -0.2) is 60.5 Å². The third kappa shape index (κ3) is 6.24. The van der Waals surface area contributed by atoms with Crippen LogP contribution in [0.1, 0.15) is 61.0 Å². The molecule has 3 aromatic carbocycles. The van der Waals surface area contributed by atoms with E-state index in [0.717, 1.165) is 58.9 Å². The second-order valence-electron chi connectivity index (χ2n) is 12.7. The lowest BCUT2D eigenvalue weighted by atomic mass is 9.77. The predicted octanol–water partition coefficient (Wildman–Crippen LogP) is 7.99. The first-order valence-electron chi connectivity index (χ1n) is 14.8. The molecule has 4 nitrogen and oxygen atoms in total. The van der Waals surface area contributed by atoms with Crippen LogP contribution in [-0.2, 0) is 6.54 Å². The number of fused-ring (bicyclic) bond motifs is 3. The van der Waals surface area contributed by atoms with Gasteiger partial charge in [-0.05, 0) is 98.6 Å². The molecule has 1 heterocycles. The largest absolute Gasteiger partial charge is 0.367 e. The second kappa shape index (κ2) is 11.8. The van der Waals surface area contributed by atoms with Crippen molar-refractivity contribution in [3.63, 3.8) is 0 Å². The maximum absolute atomic E-state index is 15.2. The molecule has 1 saturated carbocycles. The number of piperazine rings is 1. The Balaban J connectivity index is 1.09. The van der Waals surface area contributed by atoms with Gasteiger partial charge in [-0.3, -0.25) is 4.79 Å². The van der Waals surface area contributed by atoms with E-state index < -0.39 is 0 Å². The molecular formula is C34H40FN3OS2. The molecule has 0 unspecified atom stereocenters. The minimum absolute atomic E-state index is 0.108. The van der Waals surface area contributed by atoms with Gasteiger partial charge in [0.05, 0.1) is 5.69 Å². The standard InChI is InChI=1S/C34H40FN3OS2/c1-34(2)14-12-24(13-15-34)40-25-8-10-27-28-11-9-26(21-30(28)33(39)29(27)20-25)41-38-18-16-37(17-19-38)31-7-5-6-23(32(31)35)22-36(3)4/h5-11,20-21,24H,12-19,22H2,1-4H3. The first kappa shape index (κ1) is 28.8. The smallest absolute Gasteiger partial charge is 0.194 e. The van der Waals surface area contributed by atoms with Crippen LogP contribution in [0.4, 0.5) is 10.1 Å². The Bertz CT molecular complexity index is 1440. The Morgan fingerprint density at radius 2 is 1.51 bits per heavy atom. The summed E-state index contributed by atoms with van der Waals surface area (Å²) in [5.41, 5.74) is 5.65. The van der Waals surface area contributed by atoms with Gasteiger partial charge in [-0.15, -0.1) is 11.8 Å². The molecule has 0 bridgehead atoms. The van der Waals surface area contributed by atoms with Crippen molar-refractivity contribution in [2.45, 2.75) is 61.1 Å². The number of hydrogen-bond donors (Lipinski definition) is 0. The summed E-state index contributed by atoms with van der Waals surface area (Å²) in [7, 11) is 3.92. The number of hydrogen-bond acceptors (Lipinski definition) is 6. The minimum atomic E-state index is -0.108. The van der Waals surface area contributed by atoms with Crippen molar-refractivity contribution in [3.8, 4) is 11.1 Å². The lowest BCUT2D eigenvalue weighted by molar-refractivity contribution is 0.104. The van der Waals surface area contributed by atoms with Crippen LogP contribution >= 0.6 is 23.7 Å². The summed E-state index contributed by atoms with van der Waals surface area (Å²) in [4.78, 5) is 19.9. The normalized spacial score (nSPS) is 19.1. The van der Waals surface area contributed by atoms with Crippen LogP contribution in [0, 0.1) is 11.2 Å². The maximum atomic E-state index is 15.2. The number of rotatable bonds is 7. The third-order valence-electron chi connectivity index (χ3n) is 8.71. The second-order valence-corrected chi connectivity index (χ2v) is 15.3. The SMILES string of the molecule is CN(C)Cc1cccc(N2CCN(Sc3ccc4c(c3)C(=O)c3cc(SC5CCC(C)(C)CC5)ccc3-4)CC2)c1F.